The van der Waals surface area contributed by atoms with Crippen molar-refractivity contribution in [2.45, 2.75) is 31.5 Å². The van der Waals surface area contributed by atoms with Crippen LogP contribution in [0.1, 0.15) is 19.4 Å². The Morgan fingerprint density at radius 1 is 1.47 bits per heavy atom. The van der Waals surface area contributed by atoms with E-state index in [-0.39, 0.29) is 17.6 Å². The van der Waals surface area contributed by atoms with E-state index in [0.717, 1.165) is 0 Å². The Morgan fingerprint density at radius 2 is 2.11 bits per heavy atom. The molecule has 7 nitrogen and oxygen atoms in total. The highest BCUT2D eigenvalue weighted by molar-refractivity contribution is 7.89. The van der Waals surface area contributed by atoms with Gasteiger partial charge in [-0.3, -0.25) is 5.10 Å². The molecular formula is C11H23N5O2S. The first-order valence-corrected chi connectivity index (χ1v) is 7.67. The molecule has 1 unspecified atom stereocenters. The summed E-state index contributed by atoms with van der Waals surface area (Å²) in [6.07, 6.45) is 1.46. The number of nitrogens with zero attached hydrogens (tertiary/aromatic N) is 3. The molecule has 0 bridgehead atoms. The maximum atomic E-state index is 12.6. The second-order valence-electron chi connectivity index (χ2n) is 4.75. The lowest BCUT2D eigenvalue weighted by atomic mass is 10.3. The van der Waals surface area contributed by atoms with Gasteiger partial charge in [-0.2, -0.15) is 9.40 Å². The van der Waals surface area contributed by atoms with Gasteiger partial charge in [-0.15, -0.1) is 0 Å². The molecule has 1 aromatic heterocycles. The molecule has 19 heavy (non-hydrogen) atoms. The van der Waals surface area contributed by atoms with E-state index in [1.54, 1.807) is 0 Å². The molecule has 1 rings (SSSR count). The van der Waals surface area contributed by atoms with Crippen molar-refractivity contribution >= 4 is 10.0 Å². The average Bonchev–Trinajstić information content (AvgIpc) is 2.76. The summed E-state index contributed by atoms with van der Waals surface area (Å²) in [5, 5.41) is 6.42. The van der Waals surface area contributed by atoms with Crippen LogP contribution in [0, 0.1) is 0 Å². The lowest BCUT2D eigenvalue weighted by Crippen LogP contribution is -2.44. The zero-order valence-electron chi connectivity index (χ0n) is 11.9. The maximum Gasteiger partial charge on any atom is 0.260 e. The van der Waals surface area contributed by atoms with E-state index in [1.165, 1.54) is 10.5 Å². The normalized spacial score (nSPS) is 14.3. The summed E-state index contributed by atoms with van der Waals surface area (Å²) < 4.78 is 26.7. The second-order valence-corrected chi connectivity index (χ2v) is 6.58. The molecule has 1 atom stereocenters. The molecule has 8 heteroatoms. The Balaban J connectivity index is 3.09. The van der Waals surface area contributed by atoms with E-state index < -0.39 is 10.0 Å². The number of aromatic nitrogens is 2. The first-order chi connectivity index (χ1) is 8.84. The molecule has 0 aliphatic heterocycles. The van der Waals surface area contributed by atoms with Crippen molar-refractivity contribution in [1.82, 2.24) is 19.4 Å². The van der Waals surface area contributed by atoms with Crippen molar-refractivity contribution in [3.8, 4) is 0 Å². The topological polar surface area (TPSA) is 95.3 Å². The van der Waals surface area contributed by atoms with E-state index in [9.17, 15) is 8.42 Å². The molecule has 0 radical (unpaired) electrons. The first-order valence-electron chi connectivity index (χ1n) is 6.23. The highest BCUT2D eigenvalue weighted by atomic mass is 32.2. The van der Waals surface area contributed by atoms with Crippen LogP contribution >= 0.6 is 0 Å². The first kappa shape index (κ1) is 16.1. The molecule has 0 aliphatic rings. The van der Waals surface area contributed by atoms with Gasteiger partial charge >= 0.3 is 0 Å². The van der Waals surface area contributed by atoms with Gasteiger partial charge in [0.15, 0.2) is 5.03 Å². The number of sulfonamides is 1. The van der Waals surface area contributed by atoms with Gasteiger partial charge in [0.1, 0.15) is 0 Å². The number of H-pyrrole nitrogens is 1. The molecule has 0 fully saturated rings. The Kier molecular flexibility index (Phi) is 5.48. The summed E-state index contributed by atoms with van der Waals surface area (Å²) in [6, 6.07) is -0.126. The third-order valence-electron chi connectivity index (χ3n) is 2.90. The van der Waals surface area contributed by atoms with Crippen LogP contribution in [0.3, 0.4) is 0 Å². The molecule has 0 saturated heterocycles. The fraction of sp³-hybridized carbons (Fsp3) is 0.727. The van der Waals surface area contributed by atoms with Crippen LogP contribution in [-0.2, 0) is 16.6 Å². The molecule has 0 aliphatic carbocycles. The highest BCUT2D eigenvalue weighted by Crippen LogP contribution is 2.19. The van der Waals surface area contributed by atoms with Crippen molar-refractivity contribution in [3.05, 3.63) is 11.8 Å². The fourth-order valence-electron chi connectivity index (χ4n) is 2.12. The average molecular weight is 289 g/mol. The highest BCUT2D eigenvalue weighted by Gasteiger charge is 2.31. The van der Waals surface area contributed by atoms with Gasteiger partial charge in [-0.25, -0.2) is 8.42 Å². The summed E-state index contributed by atoms with van der Waals surface area (Å²) in [7, 11) is 0.243. The molecule has 1 heterocycles. The van der Waals surface area contributed by atoms with Crippen molar-refractivity contribution in [1.29, 1.82) is 0 Å². The predicted octanol–water partition coefficient (Wildman–Crippen LogP) is -0.171. The second kappa shape index (κ2) is 6.47. The molecular weight excluding hydrogens is 266 g/mol. The Morgan fingerprint density at radius 3 is 2.58 bits per heavy atom. The fourth-order valence-corrected chi connectivity index (χ4v) is 3.87. The lowest BCUT2D eigenvalue weighted by Gasteiger charge is -2.28. The quantitative estimate of drug-likeness (QED) is 0.726. The Hall–Kier alpha value is -0.960. The van der Waals surface area contributed by atoms with Crippen molar-refractivity contribution in [2.75, 3.05) is 27.2 Å². The summed E-state index contributed by atoms with van der Waals surface area (Å²) in [4.78, 5) is 1.96. The minimum atomic E-state index is -3.59. The minimum Gasteiger partial charge on any atom is -0.326 e. The molecule has 0 amide bonds. The van der Waals surface area contributed by atoms with E-state index in [1.807, 2.05) is 32.8 Å². The number of likely N-dealkylation sites (N-methyl/N-ethyl adjacent to an activating group) is 2. The van der Waals surface area contributed by atoms with Crippen LogP contribution in [-0.4, -0.2) is 61.0 Å². The van der Waals surface area contributed by atoms with Crippen LogP contribution in [0.5, 0.6) is 0 Å². The van der Waals surface area contributed by atoms with Gasteiger partial charge in [-0.05, 0) is 21.0 Å². The summed E-state index contributed by atoms with van der Waals surface area (Å²) >= 11 is 0. The van der Waals surface area contributed by atoms with Crippen LogP contribution < -0.4 is 5.73 Å². The van der Waals surface area contributed by atoms with Gasteiger partial charge < -0.3 is 10.6 Å². The molecule has 3 N–H and O–H groups in total. The van der Waals surface area contributed by atoms with Gasteiger partial charge in [0.05, 0.1) is 6.20 Å². The number of hydrogen-bond donors (Lipinski definition) is 2. The van der Waals surface area contributed by atoms with Crippen LogP contribution in [0.15, 0.2) is 11.2 Å². The predicted molar refractivity (Wildman–Crippen MR) is 74.1 cm³/mol. The zero-order valence-corrected chi connectivity index (χ0v) is 12.7. The lowest BCUT2D eigenvalue weighted by molar-refractivity contribution is 0.271. The Labute approximate surface area is 114 Å². The SMILES string of the molecule is CCN(C(C)CN(C)C)S(=O)(=O)c1[nH]ncc1CN. The smallest absolute Gasteiger partial charge is 0.260 e. The van der Waals surface area contributed by atoms with Crippen LogP contribution in [0.25, 0.3) is 0 Å². The van der Waals surface area contributed by atoms with E-state index in [2.05, 4.69) is 10.2 Å². The number of hydrogen-bond acceptors (Lipinski definition) is 5. The van der Waals surface area contributed by atoms with Crippen molar-refractivity contribution in [3.63, 3.8) is 0 Å². The zero-order chi connectivity index (χ0) is 14.6. The van der Waals surface area contributed by atoms with Crippen LogP contribution in [0.4, 0.5) is 0 Å². The molecule has 0 aromatic carbocycles. The van der Waals surface area contributed by atoms with Gasteiger partial charge in [0.2, 0.25) is 0 Å². The summed E-state index contributed by atoms with van der Waals surface area (Å²) in [6.45, 7) is 4.91. The molecule has 110 valence electrons. The molecule has 0 spiro atoms. The minimum absolute atomic E-state index is 0.0995. The van der Waals surface area contributed by atoms with Gasteiger partial charge in [0.25, 0.3) is 10.0 Å². The van der Waals surface area contributed by atoms with Gasteiger partial charge in [-0.1, -0.05) is 6.92 Å². The maximum absolute atomic E-state index is 12.6. The Bertz CT molecular complexity index is 497. The monoisotopic (exact) mass is 289 g/mol. The number of rotatable bonds is 7. The van der Waals surface area contributed by atoms with Crippen molar-refractivity contribution < 1.29 is 8.42 Å². The van der Waals surface area contributed by atoms with Crippen LogP contribution in [0.2, 0.25) is 0 Å². The number of nitrogens with two attached hydrogens (primary N) is 1. The summed E-state index contributed by atoms with van der Waals surface area (Å²) in [5.74, 6) is 0. The number of aromatic amines is 1. The van der Waals surface area contributed by atoms with E-state index in [0.29, 0.717) is 18.7 Å². The largest absolute Gasteiger partial charge is 0.326 e. The number of nitrogens with one attached hydrogen (secondary N) is 1. The van der Waals surface area contributed by atoms with E-state index >= 15 is 0 Å². The van der Waals surface area contributed by atoms with E-state index in [4.69, 9.17) is 5.73 Å². The van der Waals surface area contributed by atoms with Gasteiger partial charge in [0, 0.05) is 31.2 Å². The molecule has 0 saturated carbocycles. The van der Waals surface area contributed by atoms with Crippen molar-refractivity contribution in [2.24, 2.45) is 5.73 Å². The third kappa shape index (κ3) is 3.53. The standard InChI is InChI=1S/C11H23N5O2S/c1-5-16(9(2)8-15(3)4)19(17,18)11-10(6-12)7-13-14-11/h7,9H,5-6,8,12H2,1-4H3,(H,13,14). The summed E-state index contributed by atoms with van der Waals surface area (Å²) in [5.41, 5.74) is 6.05. The third-order valence-corrected chi connectivity index (χ3v) is 5.00. The molecule has 1 aromatic rings.